The summed E-state index contributed by atoms with van der Waals surface area (Å²) >= 11 is 0. The van der Waals surface area contributed by atoms with Gasteiger partial charge < -0.3 is 15.4 Å². The van der Waals surface area contributed by atoms with Crippen molar-refractivity contribution in [2.45, 2.75) is 32.9 Å². The van der Waals surface area contributed by atoms with Crippen LogP contribution in [0.25, 0.3) is 0 Å². The molecule has 100 valence electrons. The lowest BCUT2D eigenvalue weighted by molar-refractivity contribution is -0.126. The van der Waals surface area contributed by atoms with Crippen LogP contribution in [0.3, 0.4) is 0 Å². The molecule has 0 spiro atoms. The Morgan fingerprint density at radius 1 is 1.39 bits per heavy atom. The van der Waals surface area contributed by atoms with Gasteiger partial charge in [0.15, 0.2) is 0 Å². The van der Waals surface area contributed by atoms with E-state index in [1.54, 1.807) is 7.11 Å². The third kappa shape index (κ3) is 4.04. The molecule has 0 aliphatic rings. The predicted molar refractivity (Wildman–Crippen MR) is 72.6 cm³/mol. The van der Waals surface area contributed by atoms with E-state index < -0.39 is 5.54 Å². The van der Waals surface area contributed by atoms with Crippen molar-refractivity contribution in [3.63, 3.8) is 0 Å². The van der Waals surface area contributed by atoms with Crippen LogP contribution in [0.1, 0.15) is 26.3 Å². The summed E-state index contributed by atoms with van der Waals surface area (Å²) in [7, 11) is 1.63. The molecule has 1 aromatic carbocycles. The van der Waals surface area contributed by atoms with E-state index in [1.165, 1.54) is 0 Å². The Hall–Kier alpha value is -1.55. The molecule has 1 amide bonds. The fraction of sp³-hybridized carbons (Fsp3) is 0.500. The minimum atomic E-state index is -0.548. The summed E-state index contributed by atoms with van der Waals surface area (Å²) in [6, 6.07) is 7.67. The maximum Gasteiger partial charge on any atom is 0.239 e. The fourth-order valence-electron chi connectivity index (χ4n) is 1.71. The maximum atomic E-state index is 12.0. The Kier molecular flexibility index (Phi) is 5.16. The zero-order chi connectivity index (χ0) is 13.6. The first-order valence-electron chi connectivity index (χ1n) is 6.16. The van der Waals surface area contributed by atoms with Crippen molar-refractivity contribution in [3.8, 4) is 5.75 Å². The summed E-state index contributed by atoms with van der Waals surface area (Å²) in [5.74, 6) is 0.792. The van der Waals surface area contributed by atoms with E-state index in [9.17, 15) is 4.79 Å². The molecular formula is C14H22N2O2. The summed E-state index contributed by atoms with van der Waals surface area (Å²) in [5, 5.41) is 6.06. The number of rotatable bonds is 6. The number of hydrogen-bond donors (Lipinski definition) is 2. The smallest absolute Gasteiger partial charge is 0.239 e. The molecule has 2 N–H and O–H groups in total. The average Bonchev–Trinajstić information content (AvgIpc) is 2.36. The number of methoxy groups -OCH3 is 1. The summed E-state index contributed by atoms with van der Waals surface area (Å²) < 4.78 is 5.14. The first-order valence-corrected chi connectivity index (χ1v) is 6.16. The van der Waals surface area contributed by atoms with Gasteiger partial charge in [-0.3, -0.25) is 4.79 Å². The van der Waals surface area contributed by atoms with Crippen molar-refractivity contribution in [1.29, 1.82) is 0 Å². The highest BCUT2D eigenvalue weighted by atomic mass is 16.5. The van der Waals surface area contributed by atoms with Gasteiger partial charge in [-0.2, -0.15) is 0 Å². The second-order valence-corrected chi connectivity index (χ2v) is 4.69. The molecule has 4 nitrogen and oxygen atoms in total. The number of nitrogens with one attached hydrogen (secondary N) is 2. The monoisotopic (exact) mass is 250 g/mol. The Morgan fingerprint density at radius 3 is 2.72 bits per heavy atom. The van der Waals surface area contributed by atoms with Crippen molar-refractivity contribution in [2.24, 2.45) is 0 Å². The van der Waals surface area contributed by atoms with Gasteiger partial charge in [0.2, 0.25) is 5.91 Å². The van der Waals surface area contributed by atoms with Crippen molar-refractivity contribution >= 4 is 5.91 Å². The second kappa shape index (κ2) is 6.40. The lowest BCUT2D eigenvalue weighted by Gasteiger charge is -2.24. The first-order chi connectivity index (χ1) is 8.49. The number of hydrogen-bond acceptors (Lipinski definition) is 3. The number of benzene rings is 1. The topological polar surface area (TPSA) is 50.4 Å². The SMILES string of the molecule is CCNC(C)(C)C(=O)NCc1cccc(OC)c1. The van der Waals surface area contributed by atoms with Crippen LogP contribution in [0.2, 0.25) is 0 Å². The number of likely N-dealkylation sites (N-methyl/N-ethyl adjacent to an activating group) is 1. The maximum absolute atomic E-state index is 12.0. The largest absolute Gasteiger partial charge is 0.497 e. The molecule has 0 saturated carbocycles. The molecule has 0 fully saturated rings. The zero-order valence-electron chi connectivity index (χ0n) is 11.5. The average molecular weight is 250 g/mol. The highest BCUT2D eigenvalue weighted by molar-refractivity contribution is 5.85. The highest BCUT2D eigenvalue weighted by Gasteiger charge is 2.25. The van der Waals surface area contributed by atoms with E-state index in [4.69, 9.17) is 4.74 Å². The number of ether oxygens (including phenoxy) is 1. The Morgan fingerprint density at radius 2 is 2.11 bits per heavy atom. The van der Waals surface area contributed by atoms with Crippen molar-refractivity contribution in [3.05, 3.63) is 29.8 Å². The van der Waals surface area contributed by atoms with Crippen LogP contribution in [0.4, 0.5) is 0 Å². The van der Waals surface area contributed by atoms with Gasteiger partial charge in [-0.25, -0.2) is 0 Å². The molecule has 0 saturated heterocycles. The lowest BCUT2D eigenvalue weighted by atomic mass is 10.0. The van der Waals surface area contributed by atoms with Crippen LogP contribution >= 0.6 is 0 Å². The summed E-state index contributed by atoms with van der Waals surface area (Å²) in [6.07, 6.45) is 0. The van der Waals surface area contributed by atoms with Gasteiger partial charge in [-0.1, -0.05) is 19.1 Å². The molecule has 0 radical (unpaired) electrons. The summed E-state index contributed by atoms with van der Waals surface area (Å²) in [6.45, 7) is 7.00. The number of carbonyl (C=O) groups excluding carboxylic acids is 1. The number of amides is 1. The van der Waals surface area contributed by atoms with Crippen molar-refractivity contribution < 1.29 is 9.53 Å². The van der Waals surface area contributed by atoms with E-state index >= 15 is 0 Å². The lowest BCUT2D eigenvalue weighted by Crippen LogP contribution is -2.52. The third-order valence-corrected chi connectivity index (χ3v) is 2.77. The van der Waals surface area contributed by atoms with Gasteiger partial charge in [0.1, 0.15) is 5.75 Å². The van der Waals surface area contributed by atoms with Gasteiger partial charge in [0, 0.05) is 6.54 Å². The van der Waals surface area contributed by atoms with Crippen LogP contribution in [0.15, 0.2) is 24.3 Å². The minimum absolute atomic E-state index is 0.00725. The van der Waals surface area contributed by atoms with Gasteiger partial charge in [0.05, 0.1) is 12.6 Å². The molecule has 0 atom stereocenters. The van der Waals surface area contributed by atoms with Gasteiger partial charge in [-0.15, -0.1) is 0 Å². The van der Waals surface area contributed by atoms with E-state index in [-0.39, 0.29) is 5.91 Å². The predicted octanol–water partition coefficient (Wildman–Crippen LogP) is 1.70. The quantitative estimate of drug-likeness (QED) is 0.808. The van der Waals surface area contributed by atoms with Crippen LogP contribution in [0.5, 0.6) is 5.75 Å². The standard InChI is InChI=1S/C14H22N2O2/c1-5-16-14(2,3)13(17)15-10-11-7-6-8-12(9-11)18-4/h6-9,16H,5,10H2,1-4H3,(H,15,17). The molecule has 0 heterocycles. The second-order valence-electron chi connectivity index (χ2n) is 4.69. The van der Waals surface area contributed by atoms with Gasteiger partial charge in [-0.05, 0) is 38.1 Å². The summed E-state index contributed by atoms with van der Waals surface area (Å²) in [5.41, 5.74) is 0.475. The molecule has 0 bridgehead atoms. The molecular weight excluding hydrogens is 228 g/mol. The highest BCUT2D eigenvalue weighted by Crippen LogP contribution is 2.12. The molecule has 0 aliphatic heterocycles. The Balaban J connectivity index is 2.56. The van der Waals surface area contributed by atoms with Gasteiger partial charge in [0.25, 0.3) is 0 Å². The molecule has 1 rings (SSSR count). The molecule has 0 aliphatic carbocycles. The molecule has 4 heteroatoms. The van der Waals surface area contributed by atoms with E-state index in [0.717, 1.165) is 17.9 Å². The van der Waals surface area contributed by atoms with Crippen LogP contribution in [0, 0.1) is 0 Å². The van der Waals surface area contributed by atoms with Gasteiger partial charge >= 0.3 is 0 Å². The fourth-order valence-corrected chi connectivity index (χ4v) is 1.71. The minimum Gasteiger partial charge on any atom is -0.497 e. The van der Waals surface area contributed by atoms with E-state index in [2.05, 4.69) is 10.6 Å². The van der Waals surface area contributed by atoms with E-state index in [0.29, 0.717) is 6.54 Å². The Labute approximate surface area is 109 Å². The molecule has 18 heavy (non-hydrogen) atoms. The molecule has 0 aromatic heterocycles. The Bertz CT molecular complexity index is 403. The van der Waals surface area contributed by atoms with Crippen molar-refractivity contribution in [1.82, 2.24) is 10.6 Å². The first kappa shape index (κ1) is 14.5. The van der Waals surface area contributed by atoms with E-state index in [1.807, 2.05) is 45.0 Å². The zero-order valence-corrected chi connectivity index (χ0v) is 11.5. The van der Waals surface area contributed by atoms with Crippen LogP contribution in [-0.4, -0.2) is 25.1 Å². The molecule has 1 aromatic rings. The number of carbonyl (C=O) groups is 1. The third-order valence-electron chi connectivity index (χ3n) is 2.77. The molecule has 0 unspecified atom stereocenters. The van der Waals surface area contributed by atoms with Crippen LogP contribution in [-0.2, 0) is 11.3 Å². The normalized spacial score (nSPS) is 11.1. The summed E-state index contributed by atoms with van der Waals surface area (Å²) in [4.78, 5) is 12.0. The van der Waals surface area contributed by atoms with Crippen LogP contribution < -0.4 is 15.4 Å². The van der Waals surface area contributed by atoms with Crippen molar-refractivity contribution in [2.75, 3.05) is 13.7 Å².